The van der Waals surface area contributed by atoms with Crippen LogP contribution >= 0.6 is 34.2 Å². The van der Waals surface area contributed by atoms with Gasteiger partial charge in [0.05, 0.1) is 21.8 Å². The summed E-state index contributed by atoms with van der Waals surface area (Å²) in [5.74, 6) is 0.861. The van der Waals surface area contributed by atoms with Crippen LogP contribution in [0.15, 0.2) is 42.5 Å². The second-order valence-electron chi connectivity index (χ2n) is 4.30. The van der Waals surface area contributed by atoms with Crippen molar-refractivity contribution in [2.45, 2.75) is 6.92 Å². The van der Waals surface area contributed by atoms with Crippen LogP contribution in [0.2, 0.25) is 5.02 Å². The molecule has 0 radical (unpaired) electrons. The molecule has 2 rings (SSSR count). The molecule has 2 aromatic rings. The fourth-order valence-corrected chi connectivity index (χ4v) is 2.68. The van der Waals surface area contributed by atoms with E-state index in [-0.39, 0.29) is 0 Å². The van der Waals surface area contributed by atoms with Crippen molar-refractivity contribution in [2.75, 3.05) is 6.61 Å². The van der Waals surface area contributed by atoms with Crippen LogP contribution in [0.3, 0.4) is 0 Å². The van der Waals surface area contributed by atoms with Crippen molar-refractivity contribution in [2.24, 2.45) is 0 Å². The highest BCUT2D eigenvalue weighted by molar-refractivity contribution is 14.1. The Hall–Kier alpha value is -1.51. The van der Waals surface area contributed by atoms with Gasteiger partial charge in [-0.05, 0) is 71.0 Å². The zero-order valence-electron chi connectivity index (χ0n) is 11.4. The largest absolute Gasteiger partial charge is 0.493 e. The van der Waals surface area contributed by atoms with Gasteiger partial charge in [0, 0.05) is 5.02 Å². The maximum absolute atomic E-state index is 9.34. The number of nitriles is 1. The van der Waals surface area contributed by atoms with Crippen molar-refractivity contribution < 1.29 is 4.74 Å². The van der Waals surface area contributed by atoms with Crippen LogP contribution < -0.4 is 4.74 Å². The molecule has 0 aliphatic carbocycles. The Bertz CT molecular complexity index is 702. The smallest absolute Gasteiger partial charge is 0.132 e. The first kappa shape index (κ1) is 15.9. The maximum atomic E-state index is 9.34. The molecule has 0 fully saturated rings. The van der Waals surface area contributed by atoms with E-state index in [1.165, 1.54) is 0 Å². The summed E-state index contributed by atoms with van der Waals surface area (Å²) >= 11 is 8.10. The first-order chi connectivity index (χ1) is 10.1. The predicted octanol–water partition coefficient (Wildman–Crippen LogP) is 5.41. The average Bonchev–Trinajstić information content (AvgIpc) is 2.48. The minimum Gasteiger partial charge on any atom is -0.493 e. The van der Waals surface area contributed by atoms with Gasteiger partial charge in [0.25, 0.3) is 0 Å². The molecule has 0 unspecified atom stereocenters. The standard InChI is InChI=1S/C17H13ClINO/c1-2-21-17-8-3-12(10-16(17)19)9-14(11-20)13-4-6-15(18)7-5-13/h3-10H,2H2,1H3/b14-9+. The van der Waals surface area contributed by atoms with Gasteiger partial charge in [-0.2, -0.15) is 5.26 Å². The summed E-state index contributed by atoms with van der Waals surface area (Å²) in [6, 6.07) is 15.3. The Balaban J connectivity index is 2.34. The molecule has 2 aromatic carbocycles. The maximum Gasteiger partial charge on any atom is 0.132 e. The van der Waals surface area contributed by atoms with Crippen molar-refractivity contribution in [3.63, 3.8) is 0 Å². The monoisotopic (exact) mass is 409 g/mol. The lowest BCUT2D eigenvalue weighted by molar-refractivity contribution is 0.338. The molecular weight excluding hydrogens is 397 g/mol. The van der Waals surface area contributed by atoms with Crippen LogP contribution in [0.25, 0.3) is 11.6 Å². The molecule has 0 saturated carbocycles. The molecule has 106 valence electrons. The Kier molecular flexibility index (Phi) is 5.66. The molecule has 0 heterocycles. The van der Waals surface area contributed by atoms with E-state index >= 15 is 0 Å². The molecule has 0 amide bonds. The molecule has 0 N–H and O–H groups in total. The van der Waals surface area contributed by atoms with Crippen molar-refractivity contribution in [3.8, 4) is 11.8 Å². The summed E-state index contributed by atoms with van der Waals surface area (Å²) in [6.45, 7) is 2.59. The number of ether oxygens (including phenoxy) is 1. The Morgan fingerprint density at radius 1 is 1.29 bits per heavy atom. The highest BCUT2D eigenvalue weighted by atomic mass is 127. The molecule has 0 spiro atoms. The van der Waals surface area contributed by atoms with E-state index in [2.05, 4.69) is 28.7 Å². The zero-order chi connectivity index (χ0) is 15.2. The molecule has 0 atom stereocenters. The molecule has 21 heavy (non-hydrogen) atoms. The van der Waals surface area contributed by atoms with Gasteiger partial charge >= 0.3 is 0 Å². The number of hydrogen-bond donors (Lipinski definition) is 0. The third-order valence-corrected chi connectivity index (χ3v) is 3.94. The summed E-state index contributed by atoms with van der Waals surface area (Å²) < 4.78 is 6.54. The first-order valence-corrected chi connectivity index (χ1v) is 7.89. The second-order valence-corrected chi connectivity index (χ2v) is 5.90. The molecule has 0 saturated heterocycles. The lowest BCUT2D eigenvalue weighted by Crippen LogP contribution is -1.94. The molecule has 0 aliphatic rings. The fraction of sp³-hybridized carbons (Fsp3) is 0.118. The second kappa shape index (κ2) is 7.48. The molecule has 4 heteroatoms. The predicted molar refractivity (Wildman–Crippen MR) is 95.3 cm³/mol. The van der Waals surface area contributed by atoms with Gasteiger partial charge in [0.15, 0.2) is 0 Å². The fourth-order valence-electron chi connectivity index (χ4n) is 1.86. The zero-order valence-corrected chi connectivity index (χ0v) is 14.4. The van der Waals surface area contributed by atoms with Crippen molar-refractivity contribution >= 4 is 45.8 Å². The summed E-state index contributed by atoms with van der Waals surface area (Å²) in [5, 5.41) is 10.00. The van der Waals surface area contributed by atoms with Gasteiger partial charge in [-0.1, -0.05) is 29.8 Å². The van der Waals surface area contributed by atoms with Crippen molar-refractivity contribution in [1.82, 2.24) is 0 Å². The molecule has 0 aromatic heterocycles. The van der Waals surface area contributed by atoms with Gasteiger partial charge in [0.1, 0.15) is 5.75 Å². The van der Waals surface area contributed by atoms with Crippen molar-refractivity contribution in [3.05, 3.63) is 62.2 Å². The van der Waals surface area contributed by atoms with Gasteiger partial charge in [-0.15, -0.1) is 0 Å². The van der Waals surface area contributed by atoms with E-state index < -0.39 is 0 Å². The normalized spacial score (nSPS) is 11.0. The minimum atomic E-state index is 0.603. The molecule has 0 bridgehead atoms. The SMILES string of the molecule is CCOc1ccc(/C=C(\C#N)c2ccc(Cl)cc2)cc1I. The quantitative estimate of drug-likeness (QED) is 0.384. The van der Waals surface area contributed by atoms with E-state index in [0.717, 1.165) is 20.4 Å². The topological polar surface area (TPSA) is 33.0 Å². The van der Waals surface area contributed by atoms with E-state index in [0.29, 0.717) is 17.2 Å². The third kappa shape index (κ3) is 4.23. The van der Waals surface area contributed by atoms with Gasteiger partial charge < -0.3 is 4.74 Å². The van der Waals surface area contributed by atoms with E-state index in [9.17, 15) is 5.26 Å². The third-order valence-electron chi connectivity index (χ3n) is 2.84. The number of benzene rings is 2. The average molecular weight is 410 g/mol. The number of nitrogens with zero attached hydrogens (tertiary/aromatic N) is 1. The Labute approximate surface area is 143 Å². The number of rotatable bonds is 4. The number of halogens is 2. The van der Waals surface area contributed by atoms with E-state index in [1.54, 1.807) is 12.1 Å². The van der Waals surface area contributed by atoms with Crippen LogP contribution in [0.4, 0.5) is 0 Å². The highest BCUT2D eigenvalue weighted by Gasteiger charge is 2.04. The van der Waals surface area contributed by atoms with Crippen LogP contribution in [0.1, 0.15) is 18.1 Å². The molecule has 2 nitrogen and oxygen atoms in total. The molecule has 0 aliphatic heterocycles. The van der Waals surface area contributed by atoms with Crippen LogP contribution in [-0.4, -0.2) is 6.61 Å². The number of hydrogen-bond acceptors (Lipinski definition) is 2. The van der Waals surface area contributed by atoms with Crippen LogP contribution in [0, 0.1) is 14.9 Å². The van der Waals surface area contributed by atoms with Crippen LogP contribution in [0.5, 0.6) is 5.75 Å². The van der Waals surface area contributed by atoms with Gasteiger partial charge in [0.2, 0.25) is 0 Å². The highest BCUT2D eigenvalue weighted by Crippen LogP contribution is 2.25. The minimum absolute atomic E-state index is 0.603. The first-order valence-electron chi connectivity index (χ1n) is 6.44. The number of allylic oxidation sites excluding steroid dienone is 1. The summed E-state index contributed by atoms with van der Waals surface area (Å²) in [7, 11) is 0. The summed E-state index contributed by atoms with van der Waals surface area (Å²) in [5.41, 5.74) is 2.42. The Morgan fingerprint density at radius 3 is 2.57 bits per heavy atom. The van der Waals surface area contributed by atoms with Gasteiger partial charge in [-0.25, -0.2) is 0 Å². The summed E-state index contributed by atoms with van der Waals surface area (Å²) in [4.78, 5) is 0. The molecular formula is C17H13ClINO. The van der Waals surface area contributed by atoms with Crippen molar-refractivity contribution in [1.29, 1.82) is 5.26 Å². The Morgan fingerprint density at radius 2 is 2.00 bits per heavy atom. The lowest BCUT2D eigenvalue weighted by atomic mass is 10.0. The van der Waals surface area contributed by atoms with E-state index in [1.807, 2.05) is 43.3 Å². The van der Waals surface area contributed by atoms with E-state index in [4.69, 9.17) is 16.3 Å². The summed E-state index contributed by atoms with van der Waals surface area (Å²) in [6.07, 6.45) is 1.86. The van der Waals surface area contributed by atoms with Crippen LogP contribution in [-0.2, 0) is 0 Å². The van der Waals surface area contributed by atoms with Gasteiger partial charge in [-0.3, -0.25) is 0 Å². The lowest BCUT2D eigenvalue weighted by Gasteiger charge is -2.06.